The molecule has 5 heteroatoms. The summed E-state index contributed by atoms with van der Waals surface area (Å²) in [6, 6.07) is 16.7. The van der Waals surface area contributed by atoms with Gasteiger partial charge in [-0.05, 0) is 23.3 Å². The third-order valence-electron chi connectivity index (χ3n) is 5.37. The van der Waals surface area contributed by atoms with Crippen molar-refractivity contribution < 1.29 is 4.79 Å². The van der Waals surface area contributed by atoms with Gasteiger partial charge < -0.3 is 9.97 Å². The van der Waals surface area contributed by atoms with Crippen molar-refractivity contribution in [3.05, 3.63) is 72.7 Å². The van der Waals surface area contributed by atoms with Crippen LogP contribution in [0.2, 0.25) is 0 Å². The lowest BCUT2D eigenvalue weighted by atomic mass is 9.87. The van der Waals surface area contributed by atoms with Crippen LogP contribution in [0.4, 0.5) is 0 Å². The van der Waals surface area contributed by atoms with Gasteiger partial charge in [-0.2, -0.15) is 0 Å². The molecular formula is C25H22N4O. The third kappa shape index (κ3) is 2.99. The van der Waals surface area contributed by atoms with E-state index in [4.69, 9.17) is 4.98 Å². The first-order valence-electron chi connectivity index (χ1n) is 9.98. The number of fused-ring (bicyclic) bond motifs is 2. The number of nitrogens with zero attached hydrogens (tertiary/aromatic N) is 2. The molecule has 0 amide bonds. The van der Waals surface area contributed by atoms with Gasteiger partial charge in [0.05, 0.1) is 17.5 Å². The number of nitrogens with one attached hydrogen (secondary N) is 2. The fraction of sp³-hybridized carbons (Fsp3) is 0.160. The van der Waals surface area contributed by atoms with E-state index < -0.39 is 5.41 Å². The summed E-state index contributed by atoms with van der Waals surface area (Å²) in [5, 5.41) is 1.07. The second-order valence-electron chi connectivity index (χ2n) is 8.56. The number of hydrogen-bond donors (Lipinski definition) is 2. The van der Waals surface area contributed by atoms with Crippen molar-refractivity contribution in [3.63, 3.8) is 0 Å². The summed E-state index contributed by atoms with van der Waals surface area (Å²) < 4.78 is 0. The van der Waals surface area contributed by atoms with Crippen LogP contribution in [0, 0.1) is 5.41 Å². The molecule has 0 radical (unpaired) electrons. The van der Waals surface area contributed by atoms with Crippen molar-refractivity contribution in [1.29, 1.82) is 0 Å². The number of rotatable bonds is 3. The lowest BCUT2D eigenvalue weighted by Gasteiger charge is -2.15. The third-order valence-corrected chi connectivity index (χ3v) is 5.37. The summed E-state index contributed by atoms with van der Waals surface area (Å²) in [5.74, 6) is 0.0468. The predicted molar refractivity (Wildman–Crippen MR) is 120 cm³/mol. The Morgan fingerprint density at radius 3 is 2.50 bits per heavy atom. The van der Waals surface area contributed by atoms with Crippen LogP contribution in [0.1, 0.15) is 31.1 Å². The zero-order chi connectivity index (χ0) is 20.9. The minimum Gasteiger partial charge on any atom is -0.360 e. The van der Waals surface area contributed by atoms with Crippen LogP contribution in [-0.2, 0) is 0 Å². The first-order valence-corrected chi connectivity index (χ1v) is 9.98. The first kappa shape index (κ1) is 18.3. The molecule has 5 rings (SSSR count). The molecule has 0 aliphatic carbocycles. The van der Waals surface area contributed by atoms with Crippen LogP contribution < -0.4 is 0 Å². The summed E-state index contributed by atoms with van der Waals surface area (Å²) in [4.78, 5) is 28.6. The minimum absolute atomic E-state index is 0.0468. The van der Waals surface area contributed by atoms with Crippen LogP contribution in [0.15, 0.2) is 67.1 Å². The molecule has 0 bridgehead atoms. The van der Waals surface area contributed by atoms with Crippen molar-refractivity contribution in [2.24, 2.45) is 5.41 Å². The highest BCUT2D eigenvalue weighted by molar-refractivity contribution is 6.08. The van der Waals surface area contributed by atoms with Gasteiger partial charge in [-0.1, -0.05) is 57.2 Å². The first-order chi connectivity index (χ1) is 14.4. The van der Waals surface area contributed by atoms with Gasteiger partial charge in [0.25, 0.3) is 0 Å². The fourth-order valence-corrected chi connectivity index (χ4v) is 3.74. The molecule has 0 saturated carbocycles. The molecular weight excluding hydrogens is 372 g/mol. The van der Waals surface area contributed by atoms with Gasteiger partial charge in [-0.25, -0.2) is 9.97 Å². The van der Waals surface area contributed by atoms with E-state index in [0.29, 0.717) is 16.7 Å². The SMILES string of the molecule is CC(C)(C)C(=O)c1c[nH]c2ncc(-c3c[nH]c4ccc(-c5ccccc5)cc34)nc12. The van der Waals surface area contributed by atoms with Gasteiger partial charge in [0.2, 0.25) is 0 Å². The molecule has 0 aliphatic heterocycles. The van der Waals surface area contributed by atoms with Gasteiger partial charge in [-0.3, -0.25) is 4.79 Å². The lowest BCUT2D eigenvalue weighted by molar-refractivity contribution is 0.0860. The van der Waals surface area contributed by atoms with Gasteiger partial charge in [0, 0.05) is 34.3 Å². The average molecular weight is 394 g/mol. The van der Waals surface area contributed by atoms with Crippen molar-refractivity contribution in [1.82, 2.24) is 19.9 Å². The normalized spacial score (nSPS) is 12.0. The van der Waals surface area contributed by atoms with Crippen LogP contribution in [0.3, 0.4) is 0 Å². The highest BCUT2D eigenvalue weighted by Gasteiger charge is 2.26. The van der Waals surface area contributed by atoms with Gasteiger partial charge in [0.15, 0.2) is 11.4 Å². The number of aromatic amines is 2. The summed E-state index contributed by atoms with van der Waals surface area (Å²) in [6.45, 7) is 5.74. The number of H-pyrrole nitrogens is 2. The second-order valence-corrected chi connectivity index (χ2v) is 8.56. The van der Waals surface area contributed by atoms with E-state index in [1.54, 1.807) is 12.4 Å². The second kappa shape index (κ2) is 6.66. The quantitative estimate of drug-likeness (QED) is 0.368. The molecule has 148 valence electrons. The van der Waals surface area contributed by atoms with E-state index >= 15 is 0 Å². The Morgan fingerprint density at radius 1 is 0.933 bits per heavy atom. The number of hydrogen-bond acceptors (Lipinski definition) is 3. The molecule has 0 unspecified atom stereocenters. The van der Waals surface area contributed by atoms with Crippen LogP contribution >= 0.6 is 0 Å². The maximum atomic E-state index is 12.9. The summed E-state index contributed by atoms with van der Waals surface area (Å²) in [7, 11) is 0. The molecule has 0 spiro atoms. The molecule has 5 nitrogen and oxygen atoms in total. The standard InChI is InChI=1S/C25H22N4O/c1-25(2,3)23(30)19-13-27-24-22(19)29-21(14-28-24)18-12-26-20-10-9-16(11-17(18)20)15-7-5-4-6-8-15/h4-14,26H,1-3H3,(H,27,28). The number of benzene rings is 2. The monoisotopic (exact) mass is 394 g/mol. The van der Waals surface area contributed by atoms with Crippen LogP contribution in [0.25, 0.3) is 44.5 Å². The zero-order valence-corrected chi connectivity index (χ0v) is 17.2. The highest BCUT2D eigenvalue weighted by Crippen LogP contribution is 2.32. The molecule has 5 aromatic rings. The molecule has 0 aliphatic rings. The molecule has 0 fully saturated rings. The number of carbonyl (C=O) groups excluding carboxylic acids is 1. The molecule has 0 saturated heterocycles. The lowest BCUT2D eigenvalue weighted by Crippen LogP contribution is -2.20. The Kier molecular flexibility index (Phi) is 4.07. The van der Waals surface area contributed by atoms with Crippen molar-refractivity contribution in [3.8, 4) is 22.4 Å². The predicted octanol–water partition coefficient (Wildman–Crippen LogP) is 6.00. The number of aromatic nitrogens is 4. The van der Waals surface area contributed by atoms with Gasteiger partial charge in [0.1, 0.15) is 5.52 Å². The summed E-state index contributed by atoms with van der Waals surface area (Å²) >= 11 is 0. The Hall–Kier alpha value is -3.73. The summed E-state index contributed by atoms with van der Waals surface area (Å²) in [6.07, 6.45) is 5.42. The average Bonchev–Trinajstić information content (AvgIpc) is 3.36. The Balaban J connectivity index is 1.66. The molecule has 2 aromatic carbocycles. The summed E-state index contributed by atoms with van der Waals surface area (Å²) in [5.41, 5.74) is 6.37. The highest BCUT2D eigenvalue weighted by atomic mass is 16.1. The molecule has 3 heterocycles. The zero-order valence-electron chi connectivity index (χ0n) is 17.2. The largest absolute Gasteiger partial charge is 0.360 e. The van der Waals surface area contributed by atoms with E-state index in [-0.39, 0.29) is 5.78 Å². The van der Waals surface area contributed by atoms with Crippen molar-refractivity contribution in [2.45, 2.75) is 20.8 Å². The molecule has 3 aromatic heterocycles. The smallest absolute Gasteiger partial charge is 0.171 e. The fourth-order valence-electron chi connectivity index (χ4n) is 3.74. The molecule has 0 atom stereocenters. The van der Waals surface area contributed by atoms with E-state index in [9.17, 15) is 4.79 Å². The Bertz CT molecular complexity index is 1390. The topological polar surface area (TPSA) is 74.4 Å². The molecule has 30 heavy (non-hydrogen) atoms. The van der Waals surface area contributed by atoms with Crippen molar-refractivity contribution >= 4 is 27.9 Å². The van der Waals surface area contributed by atoms with E-state index in [1.807, 2.05) is 45.2 Å². The van der Waals surface area contributed by atoms with E-state index in [0.717, 1.165) is 33.3 Å². The maximum Gasteiger partial charge on any atom is 0.171 e. The molecule has 2 N–H and O–H groups in total. The van der Waals surface area contributed by atoms with E-state index in [1.165, 1.54) is 0 Å². The van der Waals surface area contributed by atoms with Gasteiger partial charge >= 0.3 is 0 Å². The number of Topliss-reactive ketones (excluding diaryl/α,β-unsaturated/α-hetero) is 1. The van der Waals surface area contributed by atoms with E-state index in [2.05, 4.69) is 45.3 Å². The minimum atomic E-state index is -0.488. The Labute approximate surface area is 174 Å². The number of ketones is 1. The van der Waals surface area contributed by atoms with Gasteiger partial charge in [-0.15, -0.1) is 0 Å². The van der Waals surface area contributed by atoms with Crippen molar-refractivity contribution in [2.75, 3.05) is 0 Å². The van der Waals surface area contributed by atoms with Crippen LogP contribution in [0.5, 0.6) is 0 Å². The Morgan fingerprint density at radius 2 is 1.73 bits per heavy atom. The number of carbonyl (C=O) groups is 1. The van der Waals surface area contributed by atoms with Crippen LogP contribution in [-0.4, -0.2) is 25.7 Å². The maximum absolute atomic E-state index is 12.9.